The van der Waals surface area contributed by atoms with Crippen molar-refractivity contribution in [1.82, 2.24) is 9.97 Å². The van der Waals surface area contributed by atoms with Crippen LogP contribution in [0.2, 0.25) is 0 Å². The molecule has 1 N–H and O–H groups in total. The van der Waals surface area contributed by atoms with Crippen molar-refractivity contribution < 1.29 is 30.0 Å². The van der Waals surface area contributed by atoms with Gasteiger partial charge in [-0.2, -0.15) is 0 Å². The minimum Gasteiger partial charge on any atom is -0.512 e. The number of aromatic nitrogens is 2. The molecule has 0 unspecified atom stereocenters. The number of ketones is 1. The number of hydrogen-bond acceptors (Lipinski definition) is 4. The SMILES string of the molecule is CC(C)(C)C(=O)/C=C(\O)C(C)(C)C.CC(C)(C)c1cc(-c2cc3c(cn2)CCc2cc(-c4ccccc4)ncc2-3)[c-]c2ccccc12.[Ir]. The second-order valence-corrected chi connectivity index (χ2v) is 15.6. The summed E-state index contributed by atoms with van der Waals surface area (Å²) >= 11 is 0. The van der Waals surface area contributed by atoms with Crippen molar-refractivity contribution in [1.29, 1.82) is 0 Å². The van der Waals surface area contributed by atoms with Gasteiger partial charge in [0.2, 0.25) is 0 Å². The van der Waals surface area contributed by atoms with Crippen molar-refractivity contribution in [2.45, 2.75) is 80.6 Å². The average Bonchev–Trinajstić information content (AvgIpc) is 3.03. The van der Waals surface area contributed by atoms with E-state index in [0.29, 0.717) is 0 Å². The zero-order chi connectivity index (χ0) is 34.1. The Hall–Kier alpha value is -3.92. The second-order valence-electron chi connectivity index (χ2n) is 15.6. The molecular formula is C43H47IrN2O2-. The molecule has 1 aliphatic carbocycles. The Morgan fingerprint density at radius 2 is 1.35 bits per heavy atom. The Morgan fingerprint density at radius 3 is 2.00 bits per heavy atom. The Balaban J connectivity index is 0.000000319. The van der Waals surface area contributed by atoms with Crippen LogP contribution in [-0.2, 0) is 43.2 Å². The molecule has 4 nitrogen and oxygen atoms in total. The number of rotatable bonds is 3. The molecule has 251 valence electrons. The first-order valence-electron chi connectivity index (χ1n) is 16.5. The molecule has 5 heteroatoms. The third-order valence-corrected chi connectivity index (χ3v) is 8.63. The number of allylic oxidation sites excluding steroid dienone is 2. The number of aryl methyl sites for hydroxylation is 2. The Morgan fingerprint density at radius 1 is 0.729 bits per heavy atom. The van der Waals surface area contributed by atoms with Crippen LogP contribution in [0.3, 0.4) is 0 Å². The molecule has 48 heavy (non-hydrogen) atoms. The first-order valence-corrected chi connectivity index (χ1v) is 16.5. The van der Waals surface area contributed by atoms with Gasteiger partial charge in [-0.15, -0.1) is 29.1 Å². The molecule has 0 saturated carbocycles. The predicted molar refractivity (Wildman–Crippen MR) is 195 cm³/mol. The van der Waals surface area contributed by atoms with E-state index in [2.05, 4.69) is 99.8 Å². The quantitative estimate of drug-likeness (QED) is 0.112. The standard InChI is InChI=1S/C32H27N2.C11H20O2.Ir/c1-32(2,3)29-16-25(15-22-11-7-8-12-26(22)29)31-18-27-24(19-33-31)14-13-23-17-30(34-20-28(23)27)21-9-5-4-6-10-21;1-10(2,3)8(12)7-9(13)11(4,5)6;/h4-12,16-20H,13-14H2,1-3H3;7,12H,1-6H3;/q-1;;/b;8-7-;. The van der Waals surface area contributed by atoms with Gasteiger partial charge in [0.05, 0.1) is 5.69 Å². The Kier molecular flexibility index (Phi) is 11.0. The Bertz CT molecular complexity index is 1960. The van der Waals surface area contributed by atoms with Gasteiger partial charge in [0.1, 0.15) is 5.76 Å². The van der Waals surface area contributed by atoms with Gasteiger partial charge in [0.25, 0.3) is 0 Å². The summed E-state index contributed by atoms with van der Waals surface area (Å²) in [5.74, 6) is 0.104. The molecule has 3 aromatic carbocycles. The summed E-state index contributed by atoms with van der Waals surface area (Å²) in [5.41, 5.74) is 9.93. The fraction of sp³-hybridized carbons (Fsp3) is 0.326. The van der Waals surface area contributed by atoms with E-state index >= 15 is 0 Å². The van der Waals surface area contributed by atoms with Crippen molar-refractivity contribution in [2.24, 2.45) is 10.8 Å². The fourth-order valence-corrected chi connectivity index (χ4v) is 5.61. The van der Waals surface area contributed by atoms with Crippen LogP contribution in [0.4, 0.5) is 0 Å². The molecule has 0 spiro atoms. The molecule has 2 heterocycles. The van der Waals surface area contributed by atoms with Gasteiger partial charge in [-0.25, -0.2) is 0 Å². The summed E-state index contributed by atoms with van der Waals surface area (Å²) in [6.45, 7) is 17.9. The first kappa shape index (κ1) is 36.9. The smallest absolute Gasteiger partial charge is 0.164 e. The maximum atomic E-state index is 11.5. The van der Waals surface area contributed by atoms with Crippen LogP contribution in [0.15, 0.2) is 97.0 Å². The van der Waals surface area contributed by atoms with E-state index in [-0.39, 0.29) is 42.5 Å². The molecular weight excluding hydrogens is 769 g/mol. The predicted octanol–water partition coefficient (Wildman–Crippen LogP) is 10.9. The summed E-state index contributed by atoms with van der Waals surface area (Å²) in [7, 11) is 0. The molecule has 2 aromatic heterocycles. The number of carbonyl (C=O) groups excluding carboxylic acids is 1. The molecule has 1 radical (unpaired) electrons. The summed E-state index contributed by atoms with van der Waals surface area (Å²) < 4.78 is 0. The minimum absolute atomic E-state index is 0. The number of fused-ring (bicyclic) bond motifs is 4. The number of hydrogen-bond donors (Lipinski definition) is 1. The van der Waals surface area contributed by atoms with Crippen molar-refractivity contribution in [3.63, 3.8) is 0 Å². The minimum atomic E-state index is -0.417. The number of aliphatic hydroxyl groups excluding tert-OH is 1. The molecule has 0 saturated heterocycles. The number of carbonyl (C=O) groups is 1. The molecule has 0 atom stereocenters. The van der Waals surface area contributed by atoms with E-state index in [0.717, 1.165) is 40.7 Å². The molecule has 0 fully saturated rings. The maximum absolute atomic E-state index is 11.5. The zero-order valence-corrected chi connectivity index (χ0v) is 32.1. The van der Waals surface area contributed by atoms with E-state index in [1.165, 1.54) is 39.3 Å². The van der Waals surface area contributed by atoms with E-state index in [1.54, 1.807) is 0 Å². The average molecular weight is 816 g/mol. The second kappa shape index (κ2) is 14.3. The van der Waals surface area contributed by atoms with Crippen molar-refractivity contribution >= 4 is 16.6 Å². The van der Waals surface area contributed by atoms with Gasteiger partial charge in [-0.05, 0) is 41.0 Å². The van der Waals surface area contributed by atoms with Gasteiger partial charge in [-0.3, -0.25) is 14.8 Å². The number of nitrogens with zero attached hydrogens (tertiary/aromatic N) is 2. The van der Waals surface area contributed by atoms with Crippen molar-refractivity contribution in [3.05, 3.63) is 120 Å². The van der Waals surface area contributed by atoms with Crippen LogP contribution in [0.1, 0.15) is 79.0 Å². The fourth-order valence-electron chi connectivity index (χ4n) is 5.61. The summed E-state index contributed by atoms with van der Waals surface area (Å²) in [5, 5.41) is 12.0. The van der Waals surface area contributed by atoms with Gasteiger partial charge in [0, 0.05) is 66.2 Å². The Labute approximate surface area is 300 Å². The summed E-state index contributed by atoms with van der Waals surface area (Å²) in [6, 6.07) is 29.4. The van der Waals surface area contributed by atoms with Crippen LogP contribution in [-0.4, -0.2) is 20.9 Å². The molecule has 6 rings (SSSR count). The number of aliphatic hydroxyl groups is 1. The molecule has 0 aliphatic heterocycles. The summed E-state index contributed by atoms with van der Waals surface area (Å²) in [6.07, 6.45) is 7.45. The maximum Gasteiger partial charge on any atom is 0.164 e. The summed E-state index contributed by atoms with van der Waals surface area (Å²) in [4.78, 5) is 21.2. The van der Waals surface area contributed by atoms with Crippen LogP contribution >= 0.6 is 0 Å². The van der Waals surface area contributed by atoms with Crippen molar-refractivity contribution in [2.75, 3.05) is 0 Å². The van der Waals surface area contributed by atoms with Crippen LogP contribution in [0.25, 0.3) is 44.4 Å². The van der Waals surface area contributed by atoms with Gasteiger partial charge in [-0.1, -0.05) is 128 Å². The van der Waals surface area contributed by atoms with E-state index in [1.807, 2.05) is 53.8 Å². The van der Waals surface area contributed by atoms with E-state index in [4.69, 9.17) is 9.97 Å². The third-order valence-electron chi connectivity index (χ3n) is 8.63. The number of benzene rings is 3. The monoisotopic (exact) mass is 816 g/mol. The largest absolute Gasteiger partial charge is 0.512 e. The first-order chi connectivity index (χ1) is 22.0. The van der Waals surface area contributed by atoms with Crippen LogP contribution in [0, 0.1) is 16.9 Å². The normalized spacial score (nSPS) is 13.1. The molecule has 0 amide bonds. The van der Waals surface area contributed by atoms with E-state index in [9.17, 15) is 9.90 Å². The van der Waals surface area contributed by atoms with Gasteiger partial charge < -0.3 is 5.11 Å². The van der Waals surface area contributed by atoms with Crippen LogP contribution in [0.5, 0.6) is 0 Å². The van der Waals surface area contributed by atoms with Crippen molar-refractivity contribution in [3.8, 4) is 33.6 Å². The van der Waals surface area contributed by atoms with Gasteiger partial charge in [0.15, 0.2) is 5.78 Å². The molecule has 0 bridgehead atoms. The topological polar surface area (TPSA) is 63.1 Å². The third kappa shape index (κ3) is 8.38. The molecule has 1 aliphatic rings. The number of pyridine rings is 2. The van der Waals surface area contributed by atoms with E-state index < -0.39 is 5.41 Å². The molecule has 5 aromatic rings. The van der Waals surface area contributed by atoms with Gasteiger partial charge >= 0.3 is 0 Å². The van der Waals surface area contributed by atoms with Crippen LogP contribution < -0.4 is 0 Å². The zero-order valence-electron chi connectivity index (χ0n) is 29.7.